The van der Waals surface area contributed by atoms with Gasteiger partial charge in [0.05, 0.1) is 0 Å². The van der Waals surface area contributed by atoms with Crippen LogP contribution in [0, 0.1) is 0 Å². The maximum atomic E-state index is 11.8. The molecule has 0 aliphatic heterocycles. The lowest BCUT2D eigenvalue weighted by Crippen LogP contribution is -2.13. The van der Waals surface area contributed by atoms with Crippen molar-refractivity contribution in [2.75, 3.05) is 5.32 Å². The van der Waals surface area contributed by atoms with Crippen LogP contribution in [0.25, 0.3) is 0 Å². The van der Waals surface area contributed by atoms with Gasteiger partial charge in [-0.3, -0.25) is 10.1 Å². The first kappa shape index (κ1) is 14.4. The molecule has 0 fully saturated rings. The van der Waals surface area contributed by atoms with Crippen molar-refractivity contribution in [3.8, 4) is 0 Å². The van der Waals surface area contributed by atoms with Crippen molar-refractivity contribution in [3.63, 3.8) is 0 Å². The van der Waals surface area contributed by atoms with Crippen LogP contribution < -0.4 is 5.32 Å². The molecule has 1 N–H and O–H groups in total. The van der Waals surface area contributed by atoms with E-state index in [-0.39, 0.29) is 18.3 Å². The van der Waals surface area contributed by atoms with E-state index in [1.165, 1.54) is 0 Å². The van der Waals surface area contributed by atoms with Crippen LogP contribution >= 0.6 is 24.0 Å². The first-order valence-corrected chi connectivity index (χ1v) is 5.56. The van der Waals surface area contributed by atoms with Crippen LogP contribution in [0.15, 0.2) is 42.7 Å². The van der Waals surface area contributed by atoms with Gasteiger partial charge in [0.25, 0.3) is 5.91 Å². The predicted molar refractivity (Wildman–Crippen MR) is 73.2 cm³/mol. The van der Waals surface area contributed by atoms with E-state index >= 15 is 0 Å². The van der Waals surface area contributed by atoms with E-state index in [4.69, 9.17) is 11.6 Å². The maximum Gasteiger partial charge on any atom is 0.258 e. The van der Waals surface area contributed by atoms with Gasteiger partial charge in [-0.05, 0) is 23.8 Å². The second-order valence-corrected chi connectivity index (χ2v) is 3.62. The van der Waals surface area contributed by atoms with Gasteiger partial charge in [0.15, 0.2) is 0 Å². The van der Waals surface area contributed by atoms with E-state index in [2.05, 4.69) is 15.3 Å². The highest BCUT2D eigenvalue weighted by molar-refractivity contribution is 6.17. The molecule has 0 saturated heterocycles. The third-order valence-electron chi connectivity index (χ3n) is 2.16. The summed E-state index contributed by atoms with van der Waals surface area (Å²) in [7, 11) is 0. The highest BCUT2D eigenvalue weighted by Crippen LogP contribution is 2.08. The average Bonchev–Trinajstić information content (AvgIpc) is 2.40. The lowest BCUT2D eigenvalue weighted by Gasteiger charge is -2.03. The van der Waals surface area contributed by atoms with Crippen LogP contribution in [-0.2, 0) is 5.88 Å². The molecule has 1 amide bonds. The van der Waals surface area contributed by atoms with E-state index in [0.29, 0.717) is 17.4 Å². The van der Waals surface area contributed by atoms with E-state index < -0.39 is 0 Å². The second-order valence-electron chi connectivity index (χ2n) is 3.36. The van der Waals surface area contributed by atoms with Crippen molar-refractivity contribution >= 4 is 35.9 Å². The number of benzene rings is 1. The van der Waals surface area contributed by atoms with Gasteiger partial charge in [-0.15, -0.1) is 24.0 Å². The Bertz CT molecular complexity index is 502. The molecule has 1 heterocycles. The normalized spacial score (nSPS) is 9.39. The molecule has 0 saturated carbocycles. The molecule has 4 nitrogen and oxygen atoms in total. The molecule has 18 heavy (non-hydrogen) atoms. The van der Waals surface area contributed by atoms with Gasteiger partial charge in [-0.25, -0.2) is 9.97 Å². The molecule has 0 spiro atoms. The molecular formula is C12H11Cl2N3O. The molecule has 2 aromatic rings. The zero-order valence-electron chi connectivity index (χ0n) is 9.34. The minimum absolute atomic E-state index is 0. The number of nitrogens with zero attached hydrogens (tertiary/aromatic N) is 2. The summed E-state index contributed by atoms with van der Waals surface area (Å²) in [6.07, 6.45) is 3.14. The summed E-state index contributed by atoms with van der Waals surface area (Å²) < 4.78 is 0. The van der Waals surface area contributed by atoms with Gasteiger partial charge >= 0.3 is 0 Å². The van der Waals surface area contributed by atoms with Crippen LogP contribution in [0.5, 0.6) is 0 Å². The van der Waals surface area contributed by atoms with Crippen LogP contribution in [-0.4, -0.2) is 15.9 Å². The molecule has 1 aromatic heterocycles. The summed E-state index contributed by atoms with van der Waals surface area (Å²) >= 11 is 5.67. The number of alkyl halides is 1. The first-order chi connectivity index (χ1) is 8.29. The van der Waals surface area contributed by atoms with Crippen LogP contribution in [0.1, 0.15) is 15.9 Å². The van der Waals surface area contributed by atoms with Gasteiger partial charge in [0.1, 0.15) is 0 Å². The Hall–Kier alpha value is -1.65. The molecule has 2 rings (SSSR count). The zero-order valence-corrected chi connectivity index (χ0v) is 10.9. The molecule has 0 radical (unpaired) electrons. The summed E-state index contributed by atoms with van der Waals surface area (Å²) in [5.74, 6) is 0.486. The fraction of sp³-hybridized carbons (Fsp3) is 0.0833. The standard InChI is InChI=1S/C12H10ClN3O.ClH/c13-8-9-2-4-10(5-3-9)11(17)16-12-14-6-1-7-15-12;/h1-7H,8H2,(H,14,15,16,17);1H. The van der Waals surface area contributed by atoms with Crippen molar-refractivity contribution in [2.45, 2.75) is 5.88 Å². The number of carbonyl (C=O) groups excluding carboxylic acids is 1. The third kappa shape index (κ3) is 3.68. The molecule has 94 valence electrons. The Morgan fingerprint density at radius 2 is 1.78 bits per heavy atom. The number of nitrogens with one attached hydrogen (secondary N) is 1. The number of aromatic nitrogens is 2. The van der Waals surface area contributed by atoms with Gasteiger partial charge in [-0.2, -0.15) is 0 Å². The molecule has 0 unspecified atom stereocenters. The number of anilines is 1. The highest BCUT2D eigenvalue weighted by Gasteiger charge is 2.06. The molecule has 0 bridgehead atoms. The van der Waals surface area contributed by atoms with Crippen LogP contribution in [0.3, 0.4) is 0 Å². The number of hydrogen-bond donors (Lipinski definition) is 1. The van der Waals surface area contributed by atoms with Crippen molar-refractivity contribution < 1.29 is 4.79 Å². The second kappa shape index (κ2) is 6.93. The van der Waals surface area contributed by atoms with E-state index in [1.54, 1.807) is 30.6 Å². The molecule has 6 heteroatoms. The monoisotopic (exact) mass is 283 g/mol. The van der Waals surface area contributed by atoms with Crippen molar-refractivity contribution in [2.24, 2.45) is 0 Å². The largest absolute Gasteiger partial charge is 0.290 e. The van der Waals surface area contributed by atoms with Gasteiger partial charge in [0.2, 0.25) is 5.95 Å². The number of halogens is 2. The van der Waals surface area contributed by atoms with Crippen LogP contribution in [0.4, 0.5) is 5.95 Å². The van der Waals surface area contributed by atoms with Crippen molar-refractivity contribution in [1.82, 2.24) is 9.97 Å². The van der Waals surface area contributed by atoms with Gasteiger partial charge in [0, 0.05) is 23.8 Å². The molecule has 0 aliphatic carbocycles. The van der Waals surface area contributed by atoms with E-state index in [0.717, 1.165) is 5.56 Å². The lowest BCUT2D eigenvalue weighted by molar-refractivity contribution is 0.102. The first-order valence-electron chi connectivity index (χ1n) is 5.03. The Labute approximate surface area is 116 Å². The topological polar surface area (TPSA) is 54.9 Å². The summed E-state index contributed by atoms with van der Waals surface area (Å²) in [6, 6.07) is 8.75. The average molecular weight is 284 g/mol. The van der Waals surface area contributed by atoms with E-state index in [1.807, 2.05) is 12.1 Å². The fourth-order valence-corrected chi connectivity index (χ4v) is 1.46. The molecular weight excluding hydrogens is 273 g/mol. The minimum Gasteiger partial charge on any atom is -0.290 e. The Morgan fingerprint density at radius 1 is 1.17 bits per heavy atom. The summed E-state index contributed by atoms with van der Waals surface area (Å²) in [5, 5.41) is 2.60. The minimum atomic E-state index is -0.239. The zero-order chi connectivity index (χ0) is 12.1. The third-order valence-corrected chi connectivity index (χ3v) is 2.47. The highest BCUT2D eigenvalue weighted by atomic mass is 35.5. The number of amides is 1. The van der Waals surface area contributed by atoms with Gasteiger partial charge in [-0.1, -0.05) is 12.1 Å². The van der Waals surface area contributed by atoms with Crippen molar-refractivity contribution in [3.05, 3.63) is 53.9 Å². The number of carbonyl (C=O) groups is 1. The number of rotatable bonds is 3. The van der Waals surface area contributed by atoms with E-state index in [9.17, 15) is 4.79 Å². The molecule has 0 atom stereocenters. The van der Waals surface area contributed by atoms with Crippen molar-refractivity contribution in [1.29, 1.82) is 0 Å². The molecule has 0 aliphatic rings. The predicted octanol–water partition coefficient (Wildman–Crippen LogP) is 2.89. The smallest absolute Gasteiger partial charge is 0.258 e. The van der Waals surface area contributed by atoms with Crippen LogP contribution in [0.2, 0.25) is 0 Å². The number of hydrogen-bond acceptors (Lipinski definition) is 3. The quantitative estimate of drug-likeness (QED) is 0.882. The maximum absolute atomic E-state index is 11.8. The Kier molecular flexibility index (Phi) is 5.55. The SMILES string of the molecule is Cl.O=C(Nc1ncccn1)c1ccc(CCl)cc1. The van der Waals surface area contributed by atoms with Gasteiger partial charge < -0.3 is 0 Å². The summed E-state index contributed by atoms with van der Waals surface area (Å²) in [4.78, 5) is 19.6. The Morgan fingerprint density at radius 3 is 2.33 bits per heavy atom. The molecule has 1 aromatic carbocycles. The summed E-state index contributed by atoms with van der Waals surface area (Å²) in [6.45, 7) is 0. The Balaban J connectivity index is 0.00000162. The summed E-state index contributed by atoms with van der Waals surface area (Å²) in [5.41, 5.74) is 1.52. The fourth-order valence-electron chi connectivity index (χ4n) is 1.28. The lowest BCUT2D eigenvalue weighted by atomic mass is 10.1.